The average Bonchev–Trinajstić information content (AvgIpc) is 2.94. The molecule has 1 fully saturated rings. The van der Waals surface area contributed by atoms with Gasteiger partial charge in [-0.2, -0.15) is 5.26 Å². The lowest BCUT2D eigenvalue weighted by Gasteiger charge is -2.18. The summed E-state index contributed by atoms with van der Waals surface area (Å²) >= 11 is 13.4. The largest absolute Gasteiger partial charge is 0.365 e. The maximum atomic E-state index is 13.2. The highest BCUT2D eigenvalue weighted by molar-refractivity contribution is 8.05. The van der Waals surface area contributed by atoms with Gasteiger partial charge in [-0.25, -0.2) is 0 Å². The third-order valence-electron chi connectivity index (χ3n) is 4.20. The van der Waals surface area contributed by atoms with Gasteiger partial charge in [0.2, 0.25) is 5.91 Å². The van der Waals surface area contributed by atoms with Crippen LogP contribution in [0.4, 0.5) is 5.69 Å². The normalized spacial score (nSPS) is 18.1. The van der Waals surface area contributed by atoms with E-state index in [2.05, 4.69) is 0 Å². The molecule has 2 aromatic rings. The van der Waals surface area contributed by atoms with Crippen molar-refractivity contribution in [3.05, 3.63) is 74.2 Å². The molecule has 3 rings (SSSR count). The third-order valence-corrected chi connectivity index (χ3v) is 6.06. The predicted octanol–water partition coefficient (Wildman–Crippen LogP) is 4.21. The minimum Gasteiger partial charge on any atom is -0.365 e. The maximum Gasteiger partial charge on any atom is 0.262 e. The number of carbonyl (C=O) groups is 2. The Labute approximate surface area is 176 Å². The standard InChI is InChI=1S/C20H15Cl2N3O2S/c1-11-3-2-4-14(7-11)25-19(27)17(28-20(25)15(10-23)18(24)26)9-12-8-13(21)5-6-16(12)22/h2-8,17H,9H2,1H3,(H2,24,26)/b20-15+/t17-/m0/s1. The zero-order chi connectivity index (χ0) is 20.4. The Bertz CT molecular complexity index is 1050. The van der Waals surface area contributed by atoms with Crippen molar-refractivity contribution in [1.82, 2.24) is 0 Å². The van der Waals surface area contributed by atoms with Gasteiger partial charge in [-0.05, 0) is 54.8 Å². The molecule has 1 atom stereocenters. The van der Waals surface area contributed by atoms with Crippen LogP contribution in [0, 0.1) is 18.3 Å². The highest BCUT2D eigenvalue weighted by atomic mass is 35.5. The fraction of sp³-hybridized carbons (Fsp3) is 0.150. The Morgan fingerprint density at radius 3 is 2.68 bits per heavy atom. The van der Waals surface area contributed by atoms with Gasteiger partial charge in [0.15, 0.2) is 0 Å². The van der Waals surface area contributed by atoms with Crippen LogP contribution in [0.1, 0.15) is 11.1 Å². The lowest BCUT2D eigenvalue weighted by molar-refractivity contribution is -0.117. The fourth-order valence-electron chi connectivity index (χ4n) is 2.90. The van der Waals surface area contributed by atoms with E-state index in [4.69, 9.17) is 28.9 Å². The van der Waals surface area contributed by atoms with Gasteiger partial charge >= 0.3 is 0 Å². The third kappa shape index (κ3) is 4.02. The number of nitrogens with two attached hydrogens (primary N) is 1. The van der Waals surface area contributed by atoms with Gasteiger partial charge in [-0.1, -0.05) is 47.1 Å². The van der Waals surface area contributed by atoms with Gasteiger partial charge in [0.05, 0.1) is 5.25 Å². The number of hydrogen-bond acceptors (Lipinski definition) is 4. The van der Waals surface area contributed by atoms with E-state index in [0.29, 0.717) is 27.7 Å². The van der Waals surface area contributed by atoms with E-state index in [1.807, 2.05) is 25.1 Å². The van der Waals surface area contributed by atoms with E-state index in [0.717, 1.165) is 17.3 Å². The molecule has 0 saturated carbocycles. The second-order valence-corrected chi connectivity index (χ2v) is 8.25. The molecule has 2 N–H and O–H groups in total. The molecular weight excluding hydrogens is 417 g/mol. The molecule has 1 heterocycles. The molecule has 0 bridgehead atoms. The van der Waals surface area contributed by atoms with Crippen LogP contribution >= 0.6 is 35.0 Å². The van der Waals surface area contributed by atoms with Crippen LogP contribution in [0.5, 0.6) is 0 Å². The van der Waals surface area contributed by atoms with Gasteiger partial charge in [0.25, 0.3) is 5.91 Å². The highest BCUT2D eigenvalue weighted by Crippen LogP contribution is 2.42. The molecule has 8 heteroatoms. The molecule has 2 aromatic carbocycles. The number of nitriles is 1. The summed E-state index contributed by atoms with van der Waals surface area (Å²) in [6.07, 6.45) is 0.298. The quantitative estimate of drug-likeness (QED) is 0.579. The summed E-state index contributed by atoms with van der Waals surface area (Å²) in [5.41, 5.74) is 7.35. The first-order valence-electron chi connectivity index (χ1n) is 8.27. The second kappa shape index (κ2) is 8.27. The van der Waals surface area contributed by atoms with Crippen LogP contribution in [0.25, 0.3) is 0 Å². The summed E-state index contributed by atoms with van der Waals surface area (Å²) in [6.45, 7) is 1.89. The fourth-order valence-corrected chi connectivity index (χ4v) is 4.59. The van der Waals surface area contributed by atoms with Crippen LogP contribution in [0.2, 0.25) is 10.0 Å². The number of anilines is 1. The van der Waals surface area contributed by atoms with Gasteiger partial charge in [0.1, 0.15) is 16.7 Å². The lowest BCUT2D eigenvalue weighted by Crippen LogP contribution is -2.31. The summed E-state index contributed by atoms with van der Waals surface area (Å²) in [5.74, 6) is -1.13. The van der Waals surface area contributed by atoms with E-state index >= 15 is 0 Å². The first-order chi connectivity index (χ1) is 13.3. The number of thioether (sulfide) groups is 1. The zero-order valence-electron chi connectivity index (χ0n) is 14.8. The van der Waals surface area contributed by atoms with Crippen molar-refractivity contribution in [3.8, 4) is 6.07 Å². The van der Waals surface area contributed by atoms with Crippen molar-refractivity contribution < 1.29 is 9.59 Å². The van der Waals surface area contributed by atoms with Gasteiger partial charge in [-0.3, -0.25) is 14.5 Å². The molecule has 1 saturated heterocycles. The van der Waals surface area contributed by atoms with Crippen molar-refractivity contribution in [3.63, 3.8) is 0 Å². The summed E-state index contributed by atoms with van der Waals surface area (Å²) < 4.78 is 0. The predicted molar refractivity (Wildman–Crippen MR) is 112 cm³/mol. The van der Waals surface area contributed by atoms with E-state index < -0.39 is 11.2 Å². The topological polar surface area (TPSA) is 87.2 Å². The number of aryl methyl sites for hydroxylation is 1. The molecule has 0 aliphatic carbocycles. The second-order valence-electron chi connectivity index (χ2n) is 6.22. The van der Waals surface area contributed by atoms with E-state index in [1.54, 1.807) is 30.3 Å². The summed E-state index contributed by atoms with van der Waals surface area (Å²) in [4.78, 5) is 26.4. The first-order valence-corrected chi connectivity index (χ1v) is 9.90. The Kier molecular flexibility index (Phi) is 5.99. The number of benzene rings is 2. The summed E-state index contributed by atoms with van der Waals surface area (Å²) in [6, 6.07) is 14.1. The molecule has 2 amide bonds. The minimum atomic E-state index is -0.878. The van der Waals surface area contributed by atoms with E-state index in [-0.39, 0.29) is 16.5 Å². The summed E-state index contributed by atoms with van der Waals surface area (Å²) in [7, 11) is 0. The Hall–Kier alpha value is -2.46. The smallest absolute Gasteiger partial charge is 0.262 e. The molecule has 1 aliphatic rings. The molecular formula is C20H15Cl2N3O2S. The van der Waals surface area contributed by atoms with Gasteiger partial charge < -0.3 is 5.73 Å². The van der Waals surface area contributed by atoms with Crippen molar-refractivity contribution in [1.29, 1.82) is 5.26 Å². The number of carbonyl (C=O) groups excluding carboxylic acids is 2. The Morgan fingerprint density at radius 1 is 1.29 bits per heavy atom. The van der Waals surface area contributed by atoms with E-state index in [9.17, 15) is 14.9 Å². The van der Waals surface area contributed by atoms with Crippen LogP contribution in [0.15, 0.2) is 53.1 Å². The molecule has 0 unspecified atom stereocenters. The zero-order valence-corrected chi connectivity index (χ0v) is 17.1. The molecule has 0 aromatic heterocycles. The highest BCUT2D eigenvalue weighted by Gasteiger charge is 2.40. The monoisotopic (exact) mass is 431 g/mol. The SMILES string of the molecule is Cc1cccc(N2C(=O)[C@H](Cc3cc(Cl)ccc3Cl)S/C2=C(\C#N)C(N)=O)c1. The average molecular weight is 432 g/mol. The molecule has 142 valence electrons. The van der Waals surface area contributed by atoms with Crippen LogP contribution < -0.4 is 10.6 Å². The van der Waals surface area contributed by atoms with Crippen molar-refractivity contribution in [2.75, 3.05) is 4.90 Å². The summed E-state index contributed by atoms with van der Waals surface area (Å²) in [5, 5.41) is 10.1. The maximum absolute atomic E-state index is 13.2. The number of nitrogens with zero attached hydrogens (tertiary/aromatic N) is 2. The Morgan fingerprint density at radius 2 is 2.04 bits per heavy atom. The van der Waals surface area contributed by atoms with Gasteiger partial charge in [0, 0.05) is 15.7 Å². The van der Waals surface area contributed by atoms with Crippen LogP contribution in [-0.2, 0) is 16.0 Å². The van der Waals surface area contributed by atoms with Crippen LogP contribution in [0.3, 0.4) is 0 Å². The van der Waals surface area contributed by atoms with Gasteiger partial charge in [-0.15, -0.1) is 0 Å². The van der Waals surface area contributed by atoms with Crippen molar-refractivity contribution >= 4 is 52.5 Å². The lowest BCUT2D eigenvalue weighted by atomic mass is 10.1. The van der Waals surface area contributed by atoms with Crippen molar-refractivity contribution in [2.45, 2.75) is 18.6 Å². The number of rotatable bonds is 4. The Balaban J connectivity index is 2.07. The molecule has 0 radical (unpaired) electrons. The number of primary amides is 1. The number of hydrogen-bond donors (Lipinski definition) is 1. The van der Waals surface area contributed by atoms with Crippen LogP contribution in [-0.4, -0.2) is 17.1 Å². The van der Waals surface area contributed by atoms with Crippen molar-refractivity contribution in [2.24, 2.45) is 5.73 Å². The molecule has 1 aliphatic heterocycles. The molecule has 0 spiro atoms. The number of amides is 2. The molecule has 28 heavy (non-hydrogen) atoms. The number of halogens is 2. The first kappa shape index (κ1) is 20.3. The molecule has 5 nitrogen and oxygen atoms in total. The minimum absolute atomic E-state index is 0.230. The van der Waals surface area contributed by atoms with E-state index in [1.165, 1.54) is 4.90 Å².